The van der Waals surface area contributed by atoms with Crippen LogP contribution in [0.15, 0.2) is 54.6 Å². The summed E-state index contributed by atoms with van der Waals surface area (Å²) >= 11 is 5.31. The molecule has 0 fully saturated rings. The molecule has 0 saturated carbocycles. The quantitative estimate of drug-likeness (QED) is 0.709. The predicted molar refractivity (Wildman–Crippen MR) is 88.9 cm³/mol. The van der Waals surface area contributed by atoms with E-state index < -0.39 is 0 Å². The fraction of sp³-hybridized carbons (Fsp3) is 0.125. The van der Waals surface area contributed by atoms with Crippen LogP contribution in [0.3, 0.4) is 0 Å². The highest BCUT2D eigenvalue weighted by Crippen LogP contribution is 2.27. The number of nitrogens with one attached hydrogen (secondary N) is 2. The minimum absolute atomic E-state index is 0.511. The van der Waals surface area contributed by atoms with Gasteiger partial charge in [0.25, 0.3) is 0 Å². The first-order valence-electron chi connectivity index (χ1n) is 6.88. The molecule has 0 aliphatic carbocycles. The second-order valence-corrected chi connectivity index (χ2v) is 5.10. The zero-order valence-corrected chi connectivity index (χ0v) is 12.9. The van der Waals surface area contributed by atoms with Gasteiger partial charge in [-0.2, -0.15) is 5.10 Å². The summed E-state index contributed by atoms with van der Waals surface area (Å²) in [5.41, 5.74) is 5.33. The van der Waals surface area contributed by atoms with Crippen molar-refractivity contribution >= 4 is 12.2 Å². The Bertz CT molecular complexity index is 810. The standard InChI is InChI=1S/C16H16N4OS/c1-21-14-10-6-5-9-13(14)15-18-19-16(22)20(15)17-11-12-7-3-2-4-8-12/h2-10,17H,11H2,1H3,(H,19,22). The molecule has 1 aromatic heterocycles. The van der Waals surface area contributed by atoms with Crippen molar-refractivity contribution in [3.8, 4) is 17.1 Å². The number of para-hydroxylation sites is 1. The number of methoxy groups -OCH3 is 1. The van der Waals surface area contributed by atoms with Crippen LogP contribution in [0.4, 0.5) is 0 Å². The average Bonchev–Trinajstić information content (AvgIpc) is 2.94. The van der Waals surface area contributed by atoms with E-state index in [2.05, 4.69) is 27.8 Å². The zero-order chi connectivity index (χ0) is 15.4. The van der Waals surface area contributed by atoms with E-state index >= 15 is 0 Å². The Kier molecular flexibility index (Phi) is 4.20. The molecule has 3 rings (SSSR count). The van der Waals surface area contributed by atoms with Crippen molar-refractivity contribution < 1.29 is 4.74 Å². The van der Waals surface area contributed by atoms with Gasteiger partial charge in [0.05, 0.1) is 19.2 Å². The van der Waals surface area contributed by atoms with Gasteiger partial charge in [-0.25, -0.2) is 9.77 Å². The molecule has 0 atom stereocenters. The molecule has 2 N–H and O–H groups in total. The number of nitrogens with zero attached hydrogens (tertiary/aromatic N) is 2. The third-order valence-electron chi connectivity index (χ3n) is 3.30. The van der Waals surface area contributed by atoms with E-state index in [1.165, 1.54) is 0 Å². The van der Waals surface area contributed by atoms with Crippen molar-refractivity contribution in [3.63, 3.8) is 0 Å². The van der Waals surface area contributed by atoms with E-state index in [0.29, 0.717) is 17.1 Å². The van der Waals surface area contributed by atoms with Crippen molar-refractivity contribution in [2.24, 2.45) is 0 Å². The monoisotopic (exact) mass is 312 g/mol. The third-order valence-corrected chi connectivity index (χ3v) is 3.58. The van der Waals surface area contributed by atoms with Gasteiger partial charge in [-0.3, -0.25) is 0 Å². The van der Waals surface area contributed by atoms with Crippen LogP contribution in [0.1, 0.15) is 5.56 Å². The summed E-state index contributed by atoms with van der Waals surface area (Å²) < 4.78 is 7.67. The summed E-state index contributed by atoms with van der Waals surface area (Å²) in [7, 11) is 1.64. The lowest BCUT2D eigenvalue weighted by atomic mass is 10.2. The number of hydrogen-bond acceptors (Lipinski definition) is 4. The molecule has 2 aromatic carbocycles. The highest BCUT2D eigenvalue weighted by Gasteiger charge is 2.13. The fourth-order valence-corrected chi connectivity index (χ4v) is 2.42. The van der Waals surface area contributed by atoms with Gasteiger partial charge in [0.2, 0.25) is 4.77 Å². The van der Waals surface area contributed by atoms with Gasteiger partial charge >= 0.3 is 0 Å². The Labute approximate surface area is 133 Å². The predicted octanol–water partition coefficient (Wildman–Crippen LogP) is 3.36. The Morgan fingerprint density at radius 3 is 2.64 bits per heavy atom. The first kappa shape index (κ1) is 14.3. The Hall–Kier alpha value is -2.60. The average molecular weight is 312 g/mol. The van der Waals surface area contributed by atoms with E-state index in [-0.39, 0.29) is 0 Å². The van der Waals surface area contributed by atoms with Gasteiger partial charge in [-0.05, 0) is 29.9 Å². The van der Waals surface area contributed by atoms with Gasteiger partial charge in [0, 0.05) is 0 Å². The summed E-state index contributed by atoms with van der Waals surface area (Å²) in [6.45, 7) is 0.650. The first-order chi connectivity index (χ1) is 10.8. The molecule has 0 bridgehead atoms. The van der Waals surface area contributed by atoms with E-state index in [1.54, 1.807) is 11.8 Å². The lowest BCUT2D eigenvalue weighted by Gasteiger charge is -2.12. The van der Waals surface area contributed by atoms with Crippen molar-refractivity contribution in [1.82, 2.24) is 14.9 Å². The molecule has 0 unspecified atom stereocenters. The number of H-pyrrole nitrogens is 1. The molecule has 0 radical (unpaired) electrons. The molecule has 0 aliphatic heterocycles. The number of benzene rings is 2. The SMILES string of the molecule is COc1ccccc1-c1n[nH]c(=S)n1NCc1ccccc1. The summed E-state index contributed by atoms with van der Waals surface area (Å²) in [5.74, 6) is 1.44. The maximum Gasteiger partial charge on any atom is 0.214 e. The first-order valence-corrected chi connectivity index (χ1v) is 7.29. The Morgan fingerprint density at radius 2 is 1.86 bits per heavy atom. The van der Waals surface area contributed by atoms with Crippen molar-refractivity contribution in [2.45, 2.75) is 6.54 Å². The van der Waals surface area contributed by atoms with Crippen LogP contribution in [0.25, 0.3) is 11.4 Å². The smallest absolute Gasteiger partial charge is 0.214 e. The van der Waals surface area contributed by atoms with E-state index in [9.17, 15) is 0 Å². The lowest BCUT2D eigenvalue weighted by molar-refractivity contribution is 0.416. The molecule has 5 nitrogen and oxygen atoms in total. The van der Waals surface area contributed by atoms with Crippen LogP contribution in [-0.2, 0) is 6.54 Å². The summed E-state index contributed by atoms with van der Waals surface area (Å²) in [6.07, 6.45) is 0. The van der Waals surface area contributed by atoms with Crippen molar-refractivity contribution in [1.29, 1.82) is 0 Å². The van der Waals surface area contributed by atoms with Crippen molar-refractivity contribution in [2.75, 3.05) is 12.5 Å². The van der Waals surface area contributed by atoms with Crippen molar-refractivity contribution in [3.05, 3.63) is 64.9 Å². The third kappa shape index (κ3) is 2.87. The zero-order valence-electron chi connectivity index (χ0n) is 12.1. The highest BCUT2D eigenvalue weighted by atomic mass is 32.1. The van der Waals surface area contributed by atoms with E-state index in [0.717, 1.165) is 16.9 Å². The van der Waals surface area contributed by atoms with Gasteiger partial charge in [0.1, 0.15) is 5.75 Å². The van der Waals surface area contributed by atoms with Gasteiger partial charge in [-0.15, -0.1) is 0 Å². The molecule has 0 saturated heterocycles. The molecule has 0 amide bonds. The largest absolute Gasteiger partial charge is 0.496 e. The summed E-state index contributed by atoms with van der Waals surface area (Å²) in [6, 6.07) is 17.8. The number of aromatic nitrogens is 3. The maximum absolute atomic E-state index is 5.40. The fourth-order valence-electron chi connectivity index (χ4n) is 2.22. The van der Waals surface area contributed by atoms with E-state index in [1.807, 2.05) is 42.5 Å². The second-order valence-electron chi connectivity index (χ2n) is 4.71. The molecule has 22 heavy (non-hydrogen) atoms. The van der Waals surface area contributed by atoms with Crippen LogP contribution >= 0.6 is 12.2 Å². The molecule has 6 heteroatoms. The minimum atomic E-state index is 0.511. The van der Waals surface area contributed by atoms with E-state index in [4.69, 9.17) is 17.0 Å². The topological polar surface area (TPSA) is 54.9 Å². The minimum Gasteiger partial charge on any atom is -0.496 e. The molecule has 1 heterocycles. The second kappa shape index (κ2) is 6.44. The maximum atomic E-state index is 5.40. The molecular formula is C16H16N4OS. The highest BCUT2D eigenvalue weighted by molar-refractivity contribution is 7.71. The number of rotatable bonds is 5. The number of aromatic amines is 1. The van der Waals surface area contributed by atoms with Gasteiger partial charge in [0.15, 0.2) is 5.82 Å². The van der Waals surface area contributed by atoms with Crippen LogP contribution in [0.2, 0.25) is 0 Å². The summed E-state index contributed by atoms with van der Waals surface area (Å²) in [4.78, 5) is 0. The Morgan fingerprint density at radius 1 is 1.14 bits per heavy atom. The van der Waals surface area contributed by atoms with Crippen LogP contribution < -0.4 is 10.2 Å². The molecule has 3 aromatic rings. The van der Waals surface area contributed by atoms with Crippen LogP contribution in [0, 0.1) is 4.77 Å². The lowest BCUT2D eigenvalue weighted by Crippen LogP contribution is -2.16. The number of ether oxygens (including phenoxy) is 1. The summed E-state index contributed by atoms with van der Waals surface area (Å²) in [5, 5.41) is 7.13. The normalized spacial score (nSPS) is 10.4. The van der Waals surface area contributed by atoms with Gasteiger partial charge < -0.3 is 10.2 Å². The van der Waals surface area contributed by atoms with Crippen LogP contribution in [0.5, 0.6) is 5.75 Å². The van der Waals surface area contributed by atoms with Crippen LogP contribution in [-0.4, -0.2) is 22.0 Å². The molecule has 0 aliphatic rings. The molecule has 112 valence electrons. The number of hydrogen-bond donors (Lipinski definition) is 2. The molecular weight excluding hydrogens is 296 g/mol. The Balaban J connectivity index is 1.93. The molecule has 0 spiro atoms. The van der Waals surface area contributed by atoms with Gasteiger partial charge in [-0.1, -0.05) is 42.5 Å².